The Bertz CT molecular complexity index is 570. The first-order valence-electron chi connectivity index (χ1n) is 7.20. The van der Waals surface area contributed by atoms with Gasteiger partial charge < -0.3 is 9.47 Å². The molecule has 5 nitrogen and oxygen atoms in total. The van der Waals surface area contributed by atoms with Crippen molar-refractivity contribution >= 4 is 22.8 Å². The molecule has 2 heterocycles. The van der Waals surface area contributed by atoms with E-state index < -0.39 is 0 Å². The van der Waals surface area contributed by atoms with Crippen LogP contribution in [-0.4, -0.2) is 50.8 Å². The Morgan fingerprint density at radius 3 is 2.65 bits per heavy atom. The van der Waals surface area contributed by atoms with Gasteiger partial charge in [-0.15, -0.1) is 11.6 Å². The van der Waals surface area contributed by atoms with Crippen LogP contribution in [0.25, 0.3) is 11.2 Å². The Morgan fingerprint density at radius 2 is 2.05 bits per heavy atom. The van der Waals surface area contributed by atoms with Crippen molar-refractivity contribution < 1.29 is 0 Å². The average Bonchev–Trinajstić information content (AvgIpc) is 2.89. The molecular formula is C14H24ClN5. The maximum Gasteiger partial charge on any atom is 0.158 e. The number of hydrogen-bond acceptors (Lipinski definition) is 3. The summed E-state index contributed by atoms with van der Waals surface area (Å²) in [4.78, 5) is 6.98. The van der Waals surface area contributed by atoms with Crippen molar-refractivity contribution in [3.8, 4) is 0 Å². The van der Waals surface area contributed by atoms with Crippen LogP contribution < -0.4 is 0 Å². The van der Waals surface area contributed by atoms with Gasteiger partial charge in [0.2, 0.25) is 0 Å². The molecule has 0 bridgehead atoms. The third kappa shape index (κ3) is 2.99. The second kappa shape index (κ2) is 6.59. The van der Waals surface area contributed by atoms with Crippen LogP contribution in [0.15, 0.2) is 0 Å². The normalized spacial score (nSPS) is 11.9. The molecule has 0 aliphatic rings. The Labute approximate surface area is 125 Å². The quantitative estimate of drug-likeness (QED) is 0.735. The highest BCUT2D eigenvalue weighted by atomic mass is 35.5. The maximum absolute atomic E-state index is 5.92. The standard InChI is InChI=1S/C14H24ClN5/c1-5-11-13-14(19(4)17-11)20(10-6-9-18(2)3)12(16-13)7-8-15/h5-10H2,1-4H3. The van der Waals surface area contributed by atoms with E-state index >= 15 is 0 Å². The van der Waals surface area contributed by atoms with Crippen LogP contribution in [0.5, 0.6) is 0 Å². The first-order chi connectivity index (χ1) is 9.58. The monoisotopic (exact) mass is 297 g/mol. The molecule has 0 fully saturated rings. The molecule has 0 amide bonds. The third-order valence-corrected chi connectivity index (χ3v) is 3.70. The number of rotatable bonds is 7. The summed E-state index contributed by atoms with van der Waals surface area (Å²) in [6.45, 7) is 4.15. The Kier molecular flexibility index (Phi) is 5.05. The number of alkyl halides is 1. The zero-order valence-corrected chi connectivity index (χ0v) is 13.6. The lowest BCUT2D eigenvalue weighted by atomic mass is 10.3. The van der Waals surface area contributed by atoms with Gasteiger partial charge >= 0.3 is 0 Å². The van der Waals surface area contributed by atoms with Crippen molar-refractivity contribution in [3.05, 3.63) is 11.5 Å². The summed E-state index contributed by atoms with van der Waals surface area (Å²) >= 11 is 5.92. The van der Waals surface area contributed by atoms with Gasteiger partial charge in [-0.05, 0) is 33.5 Å². The Hall–Kier alpha value is -1.07. The minimum Gasteiger partial charge on any atom is -0.313 e. The zero-order chi connectivity index (χ0) is 14.7. The molecular weight excluding hydrogens is 274 g/mol. The first-order valence-corrected chi connectivity index (χ1v) is 7.73. The molecule has 2 aromatic heterocycles. The molecule has 6 heteroatoms. The van der Waals surface area contributed by atoms with Gasteiger partial charge in [-0.3, -0.25) is 4.68 Å². The maximum atomic E-state index is 5.92. The highest BCUT2D eigenvalue weighted by molar-refractivity contribution is 6.17. The largest absolute Gasteiger partial charge is 0.313 e. The number of nitrogens with zero attached hydrogens (tertiary/aromatic N) is 5. The number of hydrogen-bond donors (Lipinski definition) is 0. The van der Waals surface area contributed by atoms with Crippen LogP contribution >= 0.6 is 11.6 Å². The van der Waals surface area contributed by atoms with Crippen LogP contribution in [0.2, 0.25) is 0 Å². The van der Waals surface area contributed by atoms with Crippen molar-refractivity contribution in [2.45, 2.75) is 32.7 Å². The summed E-state index contributed by atoms with van der Waals surface area (Å²) in [6.07, 6.45) is 2.81. The van der Waals surface area contributed by atoms with E-state index in [0.717, 1.165) is 55.0 Å². The lowest BCUT2D eigenvalue weighted by Gasteiger charge is -2.12. The summed E-state index contributed by atoms with van der Waals surface area (Å²) in [7, 11) is 6.20. The van der Waals surface area contributed by atoms with E-state index in [1.807, 2.05) is 11.7 Å². The predicted octanol–water partition coefficient (Wildman–Crippen LogP) is 2.07. The summed E-state index contributed by atoms with van der Waals surface area (Å²) in [5.41, 5.74) is 3.24. The highest BCUT2D eigenvalue weighted by Crippen LogP contribution is 2.21. The van der Waals surface area contributed by atoms with Gasteiger partial charge in [-0.2, -0.15) is 5.10 Å². The van der Waals surface area contributed by atoms with Crippen LogP contribution in [0.3, 0.4) is 0 Å². The molecule has 0 saturated carbocycles. The van der Waals surface area contributed by atoms with E-state index in [2.05, 4.69) is 35.6 Å². The van der Waals surface area contributed by atoms with Crippen molar-refractivity contribution in [3.63, 3.8) is 0 Å². The SMILES string of the molecule is CCc1nn(C)c2c1nc(CCCl)n2CCCN(C)C. The van der Waals surface area contributed by atoms with Gasteiger partial charge in [0.1, 0.15) is 11.3 Å². The third-order valence-electron chi connectivity index (χ3n) is 3.51. The molecule has 0 aliphatic heterocycles. The first kappa shape index (κ1) is 15.3. The fourth-order valence-electron chi connectivity index (χ4n) is 2.58. The van der Waals surface area contributed by atoms with E-state index in [4.69, 9.17) is 16.6 Å². The zero-order valence-electron chi connectivity index (χ0n) is 12.9. The van der Waals surface area contributed by atoms with E-state index in [-0.39, 0.29) is 0 Å². The number of halogens is 1. The van der Waals surface area contributed by atoms with Crippen molar-refractivity contribution in [2.24, 2.45) is 7.05 Å². The van der Waals surface area contributed by atoms with E-state index in [1.54, 1.807) is 0 Å². The Balaban J connectivity index is 2.37. The van der Waals surface area contributed by atoms with Crippen LogP contribution in [0.4, 0.5) is 0 Å². The molecule has 0 unspecified atom stereocenters. The minimum atomic E-state index is 0.603. The molecule has 0 aliphatic carbocycles. The van der Waals surface area contributed by atoms with Gasteiger partial charge in [-0.25, -0.2) is 4.98 Å². The molecule has 2 aromatic rings. The molecule has 0 atom stereocenters. The molecule has 20 heavy (non-hydrogen) atoms. The number of imidazole rings is 1. The van der Waals surface area contributed by atoms with Crippen LogP contribution in [0.1, 0.15) is 24.9 Å². The Morgan fingerprint density at radius 1 is 1.30 bits per heavy atom. The fraction of sp³-hybridized carbons (Fsp3) is 0.714. The smallest absolute Gasteiger partial charge is 0.158 e. The lowest BCUT2D eigenvalue weighted by Crippen LogP contribution is -2.16. The molecule has 112 valence electrons. The lowest BCUT2D eigenvalue weighted by molar-refractivity contribution is 0.385. The van der Waals surface area contributed by atoms with Gasteiger partial charge in [0.05, 0.1) is 5.69 Å². The number of aryl methyl sites for hydroxylation is 4. The molecule has 0 N–H and O–H groups in total. The molecule has 0 aromatic carbocycles. The van der Waals surface area contributed by atoms with Crippen LogP contribution in [-0.2, 0) is 26.4 Å². The molecule has 0 saturated heterocycles. The predicted molar refractivity (Wildman–Crippen MR) is 83.5 cm³/mol. The summed E-state index contributed by atoms with van der Waals surface area (Å²) in [6, 6.07) is 0. The van der Waals surface area contributed by atoms with E-state index in [9.17, 15) is 0 Å². The molecule has 2 rings (SSSR count). The van der Waals surface area contributed by atoms with Crippen molar-refractivity contribution in [1.82, 2.24) is 24.2 Å². The van der Waals surface area contributed by atoms with Gasteiger partial charge in [0, 0.05) is 25.9 Å². The number of fused-ring (bicyclic) bond motifs is 1. The van der Waals surface area contributed by atoms with Crippen LogP contribution in [0, 0.1) is 0 Å². The van der Waals surface area contributed by atoms with Crippen molar-refractivity contribution in [2.75, 3.05) is 26.5 Å². The van der Waals surface area contributed by atoms with Gasteiger partial charge in [0.25, 0.3) is 0 Å². The van der Waals surface area contributed by atoms with Gasteiger partial charge in [0.15, 0.2) is 5.65 Å². The van der Waals surface area contributed by atoms with E-state index in [0.29, 0.717) is 5.88 Å². The van der Waals surface area contributed by atoms with Gasteiger partial charge in [-0.1, -0.05) is 6.92 Å². The fourth-order valence-corrected chi connectivity index (χ4v) is 2.75. The second-order valence-electron chi connectivity index (χ2n) is 5.37. The topological polar surface area (TPSA) is 38.9 Å². The summed E-state index contributed by atoms with van der Waals surface area (Å²) < 4.78 is 4.24. The second-order valence-corrected chi connectivity index (χ2v) is 5.75. The average molecular weight is 298 g/mol. The summed E-state index contributed by atoms with van der Waals surface area (Å²) in [5, 5.41) is 4.56. The van der Waals surface area contributed by atoms with E-state index in [1.165, 1.54) is 0 Å². The highest BCUT2D eigenvalue weighted by Gasteiger charge is 2.17. The number of aromatic nitrogens is 4. The van der Waals surface area contributed by atoms with Crippen molar-refractivity contribution in [1.29, 1.82) is 0 Å². The molecule has 0 radical (unpaired) electrons. The minimum absolute atomic E-state index is 0.603. The molecule has 0 spiro atoms. The summed E-state index contributed by atoms with van der Waals surface area (Å²) in [5.74, 6) is 1.68.